The largest absolute Gasteiger partial charge is 0.334 e. The highest BCUT2D eigenvalue weighted by Crippen LogP contribution is 2.20. The summed E-state index contributed by atoms with van der Waals surface area (Å²) < 4.78 is 12.9. The van der Waals surface area contributed by atoms with E-state index >= 15 is 0 Å². The minimum Gasteiger partial charge on any atom is -0.334 e. The summed E-state index contributed by atoms with van der Waals surface area (Å²) in [7, 11) is 1.69. The molecule has 0 aliphatic heterocycles. The summed E-state index contributed by atoms with van der Waals surface area (Å²) in [4.78, 5) is 17.8. The molecule has 0 N–H and O–H groups in total. The molecule has 20 heavy (non-hydrogen) atoms. The maximum absolute atomic E-state index is 12.9. The third kappa shape index (κ3) is 3.14. The topological polar surface area (TPSA) is 33.2 Å². The number of carbonyl (C=O) groups excluding carboxylic acids is 1. The van der Waals surface area contributed by atoms with Crippen molar-refractivity contribution in [2.75, 3.05) is 7.05 Å². The van der Waals surface area contributed by atoms with Crippen molar-refractivity contribution >= 4 is 17.5 Å². The zero-order valence-corrected chi connectivity index (χ0v) is 11.9. The summed E-state index contributed by atoms with van der Waals surface area (Å²) in [5, 5.41) is 0.482. The third-order valence-electron chi connectivity index (χ3n) is 3.20. The molecule has 0 fully saturated rings. The Hall–Kier alpha value is -1.94. The second-order valence-corrected chi connectivity index (χ2v) is 4.94. The number of rotatable bonds is 3. The molecule has 1 heterocycles. The van der Waals surface area contributed by atoms with Gasteiger partial charge >= 0.3 is 0 Å². The molecule has 1 aromatic heterocycles. The smallest absolute Gasteiger partial charge is 0.272 e. The van der Waals surface area contributed by atoms with Crippen LogP contribution in [0.5, 0.6) is 0 Å². The van der Waals surface area contributed by atoms with Crippen LogP contribution in [0.3, 0.4) is 0 Å². The van der Waals surface area contributed by atoms with E-state index in [2.05, 4.69) is 4.98 Å². The average molecular weight is 293 g/mol. The lowest BCUT2D eigenvalue weighted by Gasteiger charge is -2.25. The Morgan fingerprint density at radius 3 is 2.45 bits per heavy atom. The Kier molecular flexibility index (Phi) is 4.35. The normalized spacial score (nSPS) is 12.0. The second-order valence-electron chi connectivity index (χ2n) is 4.51. The van der Waals surface area contributed by atoms with E-state index in [0.717, 1.165) is 5.56 Å². The van der Waals surface area contributed by atoms with E-state index in [1.807, 2.05) is 6.92 Å². The lowest BCUT2D eigenvalue weighted by atomic mass is 10.1. The Labute approximate surface area is 122 Å². The summed E-state index contributed by atoms with van der Waals surface area (Å²) in [6, 6.07) is 9.12. The first kappa shape index (κ1) is 14.5. The number of amides is 1. The summed E-state index contributed by atoms with van der Waals surface area (Å²) in [5.41, 5.74) is 1.18. The Morgan fingerprint density at radius 2 is 1.90 bits per heavy atom. The fourth-order valence-corrected chi connectivity index (χ4v) is 1.94. The molecule has 0 bridgehead atoms. The average Bonchev–Trinajstić information content (AvgIpc) is 2.46. The minimum atomic E-state index is -0.297. The van der Waals surface area contributed by atoms with Crippen molar-refractivity contribution < 1.29 is 9.18 Å². The molecule has 0 spiro atoms. The van der Waals surface area contributed by atoms with Crippen LogP contribution in [0, 0.1) is 5.82 Å². The lowest BCUT2D eigenvalue weighted by molar-refractivity contribution is 0.0736. The monoisotopic (exact) mass is 292 g/mol. The number of aromatic nitrogens is 1. The number of halogens is 2. The zero-order valence-electron chi connectivity index (χ0n) is 11.2. The van der Waals surface area contributed by atoms with E-state index in [9.17, 15) is 9.18 Å². The molecule has 0 saturated heterocycles. The van der Waals surface area contributed by atoms with Gasteiger partial charge in [0, 0.05) is 13.2 Å². The number of pyridine rings is 1. The molecule has 1 amide bonds. The summed E-state index contributed by atoms with van der Waals surface area (Å²) in [5.74, 6) is -0.507. The Bertz CT molecular complexity index is 598. The fourth-order valence-electron chi connectivity index (χ4n) is 1.82. The van der Waals surface area contributed by atoms with E-state index in [-0.39, 0.29) is 17.8 Å². The van der Waals surface area contributed by atoms with Crippen LogP contribution in [0.15, 0.2) is 42.6 Å². The van der Waals surface area contributed by atoms with Gasteiger partial charge in [-0.15, -0.1) is 0 Å². The molecule has 0 aliphatic rings. The molecule has 2 aromatic rings. The van der Waals surface area contributed by atoms with E-state index in [1.165, 1.54) is 18.3 Å². The quantitative estimate of drug-likeness (QED) is 0.864. The van der Waals surface area contributed by atoms with E-state index < -0.39 is 0 Å². The molecule has 0 radical (unpaired) electrons. The molecule has 0 saturated carbocycles. The molecule has 0 aliphatic carbocycles. The number of carbonyl (C=O) groups is 1. The zero-order chi connectivity index (χ0) is 14.7. The minimum absolute atomic E-state index is 0.180. The first-order valence-corrected chi connectivity index (χ1v) is 6.51. The van der Waals surface area contributed by atoms with Crippen molar-refractivity contribution in [3.63, 3.8) is 0 Å². The Balaban J connectivity index is 2.17. The van der Waals surface area contributed by atoms with Crippen molar-refractivity contribution in [3.05, 3.63) is 64.7 Å². The second kappa shape index (κ2) is 6.01. The van der Waals surface area contributed by atoms with Gasteiger partial charge in [0.1, 0.15) is 11.5 Å². The van der Waals surface area contributed by atoms with Crippen LogP contribution >= 0.6 is 11.6 Å². The molecule has 5 heteroatoms. The van der Waals surface area contributed by atoms with Crippen LogP contribution in [0.4, 0.5) is 4.39 Å². The van der Waals surface area contributed by atoms with Crippen LogP contribution in [0.1, 0.15) is 29.0 Å². The highest BCUT2D eigenvalue weighted by molar-refractivity contribution is 6.30. The van der Waals surface area contributed by atoms with E-state index in [0.29, 0.717) is 10.7 Å². The van der Waals surface area contributed by atoms with Crippen molar-refractivity contribution in [1.29, 1.82) is 0 Å². The molecule has 2 rings (SSSR count). The van der Waals surface area contributed by atoms with Gasteiger partial charge in [-0.2, -0.15) is 0 Å². The molecule has 3 nitrogen and oxygen atoms in total. The first-order valence-electron chi connectivity index (χ1n) is 6.13. The molecule has 104 valence electrons. The number of nitrogens with zero attached hydrogens (tertiary/aromatic N) is 2. The molecular formula is C15H14ClFN2O. The van der Waals surface area contributed by atoms with Gasteiger partial charge in [0.15, 0.2) is 0 Å². The molecule has 1 atom stereocenters. The third-order valence-corrected chi connectivity index (χ3v) is 3.42. The van der Waals surface area contributed by atoms with Gasteiger partial charge in [-0.1, -0.05) is 23.7 Å². The fraction of sp³-hybridized carbons (Fsp3) is 0.200. The highest BCUT2D eigenvalue weighted by Gasteiger charge is 2.19. The molecular weight excluding hydrogens is 279 g/mol. The predicted octanol–water partition coefficient (Wildman–Crippen LogP) is 3.71. The molecule has 1 aromatic carbocycles. The lowest BCUT2D eigenvalue weighted by Crippen LogP contribution is -2.30. The number of hydrogen-bond donors (Lipinski definition) is 0. The maximum Gasteiger partial charge on any atom is 0.272 e. The van der Waals surface area contributed by atoms with Crippen molar-refractivity contribution in [3.8, 4) is 0 Å². The van der Waals surface area contributed by atoms with Gasteiger partial charge < -0.3 is 4.90 Å². The van der Waals surface area contributed by atoms with Gasteiger partial charge in [0.2, 0.25) is 0 Å². The highest BCUT2D eigenvalue weighted by atomic mass is 35.5. The molecule has 0 unspecified atom stereocenters. The van der Waals surface area contributed by atoms with Crippen LogP contribution in [-0.4, -0.2) is 22.8 Å². The SMILES string of the molecule is C[C@@H](c1ccc(F)cc1)N(C)C(=O)c1ccc(Cl)cn1. The summed E-state index contributed by atoms with van der Waals surface area (Å²) >= 11 is 5.75. The predicted molar refractivity (Wildman–Crippen MR) is 76.2 cm³/mol. The van der Waals surface area contributed by atoms with Gasteiger partial charge in [-0.25, -0.2) is 9.37 Å². The van der Waals surface area contributed by atoms with Gasteiger partial charge in [-0.05, 0) is 36.8 Å². The van der Waals surface area contributed by atoms with Crippen molar-refractivity contribution in [1.82, 2.24) is 9.88 Å². The van der Waals surface area contributed by atoms with Gasteiger partial charge in [0.05, 0.1) is 11.1 Å². The van der Waals surface area contributed by atoms with Crippen LogP contribution in [0.25, 0.3) is 0 Å². The number of hydrogen-bond acceptors (Lipinski definition) is 2. The van der Waals surface area contributed by atoms with E-state index in [4.69, 9.17) is 11.6 Å². The number of benzene rings is 1. The van der Waals surface area contributed by atoms with Crippen LogP contribution < -0.4 is 0 Å². The van der Waals surface area contributed by atoms with Crippen molar-refractivity contribution in [2.24, 2.45) is 0 Å². The van der Waals surface area contributed by atoms with Crippen LogP contribution in [-0.2, 0) is 0 Å². The summed E-state index contributed by atoms with van der Waals surface area (Å²) in [6.07, 6.45) is 1.44. The Morgan fingerprint density at radius 1 is 1.25 bits per heavy atom. The van der Waals surface area contributed by atoms with Gasteiger partial charge in [-0.3, -0.25) is 4.79 Å². The summed E-state index contributed by atoms with van der Waals surface area (Å²) in [6.45, 7) is 1.88. The standard InChI is InChI=1S/C15H14ClFN2O/c1-10(11-3-6-13(17)7-4-11)19(2)15(20)14-8-5-12(16)9-18-14/h3-10H,1-2H3/t10-/m0/s1. The maximum atomic E-state index is 12.9. The van der Waals surface area contributed by atoms with Crippen molar-refractivity contribution in [2.45, 2.75) is 13.0 Å². The first-order chi connectivity index (χ1) is 9.49. The van der Waals surface area contributed by atoms with E-state index in [1.54, 1.807) is 36.2 Å². The van der Waals surface area contributed by atoms with Crippen LogP contribution in [0.2, 0.25) is 5.02 Å². The van der Waals surface area contributed by atoms with Gasteiger partial charge in [0.25, 0.3) is 5.91 Å².